The second-order valence-corrected chi connectivity index (χ2v) is 8.48. The van der Waals surface area contributed by atoms with Crippen LogP contribution in [0.1, 0.15) is 31.2 Å². The number of hydrogen-bond donors (Lipinski definition) is 0. The van der Waals surface area contributed by atoms with Crippen LogP contribution >= 0.6 is 23.2 Å². The van der Waals surface area contributed by atoms with Crippen molar-refractivity contribution in [1.82, 2.24) is 4.90 Å². The summed E-state index contributed by atoms with van der Waals surface area (Å²) in [4.78, 5) is 14.9. The van der Waals surface area contributed by atoms with Crippen molar-refractivity contribution < 1.29 is 9.28 Å². The molecule has 0 unspecified atom stereocenters. The molecular formula is C20H27Cl2N2O+. The highest BCUT2D eigenvalue weighted by molar-refractivity contribution is 6.42. The largest absolute Gasteiger partial charge is 0.337 e. The Morgan fingerprint density at radius 2 is 1.84 bits per heavy atom. The maximum absolute atomic E-state index is 12.9. The molecule has 0 radical (unpaired) electrons. The van der Waals surface area contributed by atoms with Crippen molar-refractivity contribution >= 4 is 29.1 Å². The fourth-order valence-electron chi connectivity index (χ4n) is 4.38. The standard InChI is InChI=1S/C20H27Cl2N2O/c1-23(20(25)14-15-9-10-16(21)17(22)13-15)18-7-3-4-8-19(18)24(2)11-5-6-12-24/h5-6,9-10,13,18-19H,3-4,7-8,11-12,14H2,1-2H3/q+1/t18-,19-/m1/s1. The van der Waals surface area contributed by atoms with Crippen LogP contribution < -0.4 is 0 Å². The molecule has 3 rings (SSSR count). The first kappa shape index (κ1) is 18.8. The van der Waals surface area contributed by atoms with Gasteiger partial charge in [-0.1, -0.05) is 35.7 Å². The molecule has 1 amide bonds. The minimum atomic E-state index is 0.161. The number of rotatable bonds is 4. The molecule has 2 aliphatic rings. The van der Waals surface area contributed by atoms with Gasteiger partial charge in [-0.3, -0.25) is 4.79 Å². The lowest BCUT2D eigenvalue weighted by atomic mass is 9.86. The topological polar surface area (TPSA) is 20.3 Å². The van der Waals surface area contributed by atoms with E-state index in [0.717, 1.165) is 29.6 Å². The fraction of sp³-hybridized carbons (Fsp3) is 0.550. The van der Waals surface area contributed by atoms with Crippen molar-refractivity contribution in [2.45, 2.75) is 44.2 Å². The average Bonchev–Trinajstić information content (AvgIpc) is 3.05. The van der Waals surface area contributed by atoms with Crippen LogP contribution in [-0.4, -0.2) is 54.6 Å². The maximum atomic E-state index is 12.9. The van der Waals surface area contributed by atoms with Gasteiger partial charge in [-0.05, 0) is 42.7 Å². The Morgan fingerprint density at radius 3 is 2.52 bits per heavy atom. The predicted molar refractivity (Wildman–Crippen MR) is 104 cm³/mol. The zero-order chi connectivity index (χ0) is 18.0. The first-order valence-electron chi connectivity index (χ1n) is 9.09. The summed E-state index contributed by atoms with van der Waals surface area (Å²) < 4.78 is 1.04. The van der Waals surface area contributed by atoms with Gasteiger partial charge in [0.25, 0.3) is 0 Å². The molecule has 3 nitrogen and oxygen atoms in total. The molecule has 1 heterocycles. The highest BCUT2D eigenvalue weighted by Gasteiger charge is 2.43. The van der Waals surface area contributed by atoms with Crippen LogP contribution in [0.4, 0.5) is 0 Å². The van der Waals surface area contributed by atoms with E-state index in [0.29, 0.717) is 28.5 Å². The Labute approximate surface area is 160 Å². The van der Waals surface area contributed by atoms with Crippen LogP contribution in [0.2, 0.25) is 10.0 Å². The summed E-state index contributed by atoms with van der Waals surface area (Å²) in [6.07, 6.45) is 9.71. The third-order valence-corrected chi connectivity index (χ3v) is 6.68. The molecular weight excluding hydrogens is 355 g/mol. The van der Waals surface area contributed by atoms with E-state index in [1.54, 1.807) is 12.1 Å². The Bertz CT molecular complexity index is 666. The van der Waals surface area contributed by atoms with Crippen molar-refractivity contribution in [3.63, 3.8) is 0 Å². The molecule has 1 aromatic carbocycles. The van der Waals surface area contributed by atoms with Crippen LogP contribution in [0, 0.1) is 0 Å². The molecule has 5 heteroatoms. The van der Waals surface area contributed by atoms with Gasteiger partial charge in [-0.2, -0.15) is 0 Å². The lowest BCUT2D eigenvalue weighted by molar-refractivity contribution is -0.921. The van der Waals surface area contributed by atoms with Crippen LogP contribution in [0.15, 0.2) is 30.4 Å². The number of carbonyl (C=O) groups is 1. The van der Waals surface area contributed by atoms with Crippen molar-refractivity contribution in [3.05, 3.63) is 46.0 Å². The molecule has 1 saturated carbocycles. The summed E-state index contributed by atoms with van der Waals surface area (Å²) in [6, 6.07) is 6.28. The molecule has 0 spiro atoms. The van der Waals surface area contributed by atoms with Gasteiger partial charge < -0.3 is 9.38 Å². The van der Waals surface area contributed by atoms with Crippen LogP contribution in [-0.2, 0) is 11.2 Å². The van der Waals surface area contributed by atoms with Gasteiger partial charge in [-0.25, -0.2) is 0 Å². The van der Waals surface area contributed by atoms with E-state index >= 15 is 0 Å². The lowest BCUT2D eigenvalue weighted by Crippen LogP contribution is -2.61. The zero-order valence-electron chi connectivity index (χ0n) is 15.0. The Kier molecular flexibility index (Phi) is 5.77. The average molecular weight is 382 g/mol. The third kappa shape index (κ3) is 4.05. The number of likely N-dealkylation sites (N-methyl/N-ethyl adjacent to an activating group) is 2. The third-order valence-electron chi connectivity index (χ3n) is 5.94. The van der Waals surface area contributed by atoms with Gasteiger partial charge in [0.05, 0.1) is 42.6 Å². The van der Waals surface area contributed by atoms with Crippen molar-refractivity contribution in [2.24, 2.45) is 0 Å². The summed E-state index contributed by atoms with van der Waals surface area (Å²) in [6.45, 7) is 2.16. The summed E-state index contributed by atoms with van der Waals surface area (Å²) in [5, 5.41) is 1.03. The van der Waals surface area contributed by atoms with Crippen molar-refractivity contribution in [1.29, 1.82) is 0 Å². The summed E-state index contributed by atoms with van der Waals surface area (Å²) >= 11 is 12.1. The molecule has 1 fully saturated rings. The lowest BCUT2D eigenvalue weighted by Gasteiger charge is -2.47. The van der Waals surface area contributed by atoms with Gasteiger partial charge >= 0.3 is 0 Å². The SMILES string of the molecule is CN(C(=O)Cc1ccc(Cl)c(Cl)c1)[C@@H]1CCCC[C@H]1[N+]1(C)CC=CC1. The van der Waals surface area contributed by atoms with Crippen LogP contribution in [0.5, 0.6) is 0 Å². The van der Waals surface area contributed by atoms with Crippen LogP contribution in [0.3, 0.4) is 0 Å². The van der Waals surface area contributed by atoms with Gasteiger partial charge in [-0.15, -0.1) is 0 Å². The van der Waals surface area contributed by atoms with Gasteiger partial charge in [0.2, 0.25) is 5.91 Å². The molecule has 2 atom stereocenters. The van der Waals surface area contributed by atoms with E-state index in [1.165, 1.54) is 19.3 Å². The molecule has 0 saturated heterocycles. The first-order chi connectivity index (χ1) is 11.9. The number of benzene rings is 1. The predicted octanol–water partition coefficient (Wildman–Crippen LogP) is 4.32. The minimum Gasteiger partial charge on any atom is -0.337 e. The molecule has 0 bridgehead atoms. The second-order valence-electron chi connectivity index (χ2n) is 7.66. The highest BCUT2D eigenvalue weighted by Crippen LogP contribution is 2.32. The highest BCUT2D eigenvalue weighted by atomic mass is 35.5. The molecule has 0 N–H and O–H groups in total. The van der Waals surface area contributed by atoms with E-state index in [1.807, 2.05) is 18.0 Å². The number of nitrogens with zero attached hydrogens (tertiary/aromatic N) is 2. The number of carbonyl (C=O) groups excluding carboxylic acids is 1. The van der Waals surface area contributed by atoms with Gasteiger partial charge in [0.1, 0.15) is 6.04 Å². The van der Waals surface area contributed by atoms with Crippen molar-refractivity contribution in [3.8, 4) is 0 Å². The molecule has 1 aliphatic heterocycles. The quantitative estimate of drug-likeness (QED) is 0.561. The Hall–Kier alpha value is -1.03. The molecule has 25 heavy (non-hydrogen) atoms. The first-order valence-corrected chi connectivity index (χ1v) is 9.85. The Morgan fingerprint density at radius 1 is 1.16 bits per heavy atom. The number of halogens is 2. The zero-order valence-corrected chi connectivity index (χ0v) is 16.6. The minimum absolute atomic E-state index is 0.161. The van der Waals surface area contributed by atoms with Gasteiger partial charge in [0, 0.05) is 13.5 Å². The van der Waals surface area contributed by atoms with E-state index in [4.69, 9.17) is 23.2 Å². The van der Waals surface area contributed by atoms with Gasteiger partial charge in [0.15, 0.2) is 0 Å². The summed E-state index contributed by atoms with van der Waals surface area (Å²) in [5.74, 6) is 0.161. The second kappa shape index (κ2) is 7.69. The number of quaternary nitrogens is 1. The molecule has 1 aliphatic carbocycles. The number of amides is 1. The van der Waals surface area contributed by atoms with E-state index in [9.17, 15) is 4.79 Å². The van der Waals surface area contributed by atoms with E-state index in [-0.39, 0.29) is 5.91 Å². The number of hydrogen-bond acceptors (Lipinski definition) is 1. The molecule has 136 valence electrons. The maximum Gasteiger partial charge on any atom is 0.227 e. The van der Waals surface area contributed by atoms with E-state index < -0.39 is 0 Å². The fourth-order valence-corrected chi connectivity index (χ4v) is 4.70. The molecule has 1 aromatic rings. The Balaban J connectivity index is 1.71. The normalized spacial score (nSPS) is 25.1. The van der Waals surface area contributed by atoms with Crippen molar-refractivity contribution in [2.75, 3.05) is 27.2 Å². The molecule has 0 aromatic heterocycles. The summed E-state index contributed by atoms with van der Waals surface area (Å²) in [5.41, 5.74) is 0.918. The van der Waals surface area contributed by atoms with E-state index in [2.05, 4.69) is 19.2 Å². The monoisotopic (exact) mass is 381 g/mol. The van der Waals surface area contributed by atoms with Crippen LogP contribution in [0.25, 0.3) is 0 Å². The summed E-state index contributed by atoms with van der Waals surface area (Å²) in [7, 11) is 4.30. The smallest absolute Gasteiger partial charge is 0.227 e.